The van der Waals surface area contributed by atoms with Gasteiger partial charge in [-0.05, 0) is 31.9 Å². The number of aryl methyl sites for hydroxylation is 1. The summed E-state index contributed by atoms with van der Waals surface area (Å²) in [5, 5.41) is 8.86. The normalized spacial score (nSPS) is 11.7. The lowest BCUT2D eigenvalue weighted by Gasteiger charge is -1.95. The number of aliphatic hydroxyl groups excluding tert-OH is 1. The van der Waals surface area contributed by atoms with Gasteiger partial charge in [0, 0.05) is 0 Å². The Bertz CT molecular complexity index is 363. The van der Waals surface area contributed by atoms with Crippen LogP contribution < -0.4 is 0 Å². The van der Waals surface area contributed by atoms with E-state index in [2.05, 4.69) is 16.8 Å². The summed E-state index contributed by atoms with van der Waals surface area (Å²) in [6.45, 7) is 3.13. The minimum absolute atomic E-state index is 0.317. The van der Waals surface area contributed by atoms with Crippen LogP contribution >= 0.6 is 0 Å². The third-order valence-electron chi connectivity index (χ3n) is 1.43. The van der Waals surface area contributed by atoms with Crippen molar-refractivity contribution >= 4 is 0 Å². The molecule has 0 amide bonds. The Kier molecular flexibility index (Phi) is 2.99. The fourth-order valence-corrected chi connectivity index (χ4v) is 0.792. The molecule has 2 nitrogen and oxygen atoms in total. The van der Waals surface area contributed by atoms with E-state index in [-0.39, 0.29) is 5.82 Å². The van der Waals surface area contributed by atoms with Gasteiger partial charge in [-0.1, -0.05) is 5.92 Å². The lowest BCUT2D eigenvalue weighted by atomic mass is 10.3. The molecule has 68 valence electrons. The van der Waals surface area contributed by atoms with Crippen LogP contribution in [0.1, 0.15) is 18.3 Å². The largest absolute Gasteiger partial charge is 0.381 e. The van der Waals surface area contributed by atoms with Crippen LogP contribution in [0.2, 0.25) is 0 Å². The SMILES string of the molecule is Cc1nc(C#C[C@@H](C)O)ccc1F. The number of aromatic nitrogens is 1. The molecule has 0 radical (unpaired) electrons. The zero-order chi connectivity index (χ0) is 9.84. The molecule has 1 atom stereocenters. The zero-order valence-corrected chi connectivity index (χ0v) is 7.50. The number of hydrogen-bond donors (Lipinski definition) is 1. The maximum Gasteiger partial charge on any atom is 0.144 e. The lowest BCUT2D eigenvalue weighted by Crippen LogP contribution is -1.95. The first-order valence-corrected chi connectivity index (χ1v) is 3.92. The molecular formula is C10H10FNO. The molecule has 0 spiro atoms. The van der Waals surface area contributed by atoms with Crippen LogP contribution in [0.4, 0.5) is 4.39 Å². The summed E-state index contributed by atoms with van der Waals surface area (Å²) in [7, 11) is 0. The molecule has 0 aliphatic carbocycles. The second-order valence-corrected chi connectivity index (χ2v) is 2.71. The van der Waals surface area contributed by atoms with Crippen LogP contribution in [0.3, 0.4) is 0 Å². The van der Waals surface area contributed by atoms with Gasteiger partial charge in [-0.2, -0.15) is 0 Å². The average Bonchev–Trinajstić information content (AvgIpc) is 2.07. The van der Waals surface area contributed by atoms with Gasteiger partial charge >= 0.3 is 0 Å². The molecule has 0 saturated carbocycles. The van der Waals surface area contributed by atoms with Crippen LogP contribution in [0.15, 0.2) is 12.1 Å². The van der Waals surface area contributed by atoms with Crippen molar-refractivity contribution in [1.82, 2.24) is 4.98 Å². The molecule has 3 heteroatoms. The van der Waals surface area contributed by atoms with Gasteiger partial charge in [-0.25, -0.2) is 9.37 Å². The van der Waals surface area contributed by atoms with Crippen molar-refractivity contribution in [2.75, 3.05) is 0 Å². The van der Waals surface area contributed by atoms with E-state index in [4.69, 9.17) is 5.11 Å². The fourth-order valence-electron chi connectivity index (χ4n) is 0.792. The van der Waals surface area contributed by atoms with E-state index in [1.807, 2.05) is 0 Å². The van der Waals surface area contributed by atoms with Crippen LogP contribution in [0, 0.1) is 24.6 Å². The quantitative estimate of drug-likeness (QED) is 0.608. The molecule has 1 aromatic rings. The van der Waals surface area contributed by atoms with Crippen LogP contribution in [-0.2, 0) is 0 Å². The van der Waals surface area contributed by atoms with E-state index in [1.165, 1.54) is 12.1 Å². The summed E-state index contributed by atoms with van der Waals surface area (Å²) >= 11 is 0. The standard InChI is InChI=1S/C10H10FNO/c1-7(13)3-4-9-5-6-10(11)8(2)12-9/h5-7,13H,1-2H3/t7-/m1/s1. The predicted molar refractivity (Wildman–Crippen MR) is 47.5 cm³/mol. The van der Waals surface area contributed by atoms with Gasteiger partial charge in [0.15, 0.2) is 0 Å². The van der Waals surface area contributed by atoms with E-state index in [1.54, 1.807) is 13.8 Å². The molecule has 0 bridgehead atoms. The Morgan fingerprint density at radius 1 is 1.54 bits per heavy atom. The van der Waals surface area contributed by atoms with Crippen molar-refractivity contribution in [2.24, 2.45) is 0 Å². The average molecular weight is 179 g/mol. The van der Waals surface area contributed by atoms with Crippen LogP contribution in [-0.4, -0.2) is 16.2 Å². The van der Waals surface area contributed by atoms with Crippen molar-refractivity contribution in [2.45, 2.75) is 20.0 Å². The van der Waals surface area contributed by atoms with Crippen molar-refractivity contribution in [3.8, 4) is 11.8 Å². The summed E-state index contributed by atoms with van der Waals surface area (Å²) in [5.41, 5.74) is 0.789. The number of rotatable bonds is 0. The molecule has 0 saturated heterocycles. The molecule has 0 unspecified atom stereocenters. The van der Waals surface area contributed by atoms with Gasteiger partial charge in [-0.15, -0.1) is 0 Å². The first-order chi connectivity index (χ1) is 6.09. The first-order valence-electron chi connectivity index (χ1n) is 3.92. The second-order valence-electron chi connectivity index (χ2n) is 2.71. The Morgan fingerprint density at radius 2 is 2.23 bits per heavy atom. The zero-order valence-electron chi connectivity index (χ0n) is 7.50. The van der Waals surface area contributed by atoms with Crippen LogP contribution in [0.5, 0.6) is 0 Å². The van der Waals surface area contributed by atoms with Crippen molar-refractivity contribution in [3.05, 3.63) is 29.3 Å². The van der Waals surface area contributed by atoms with Crippen molar-refractivity contribution in [1.29, 1.82) is 0 Å². The Hall–Kier alpha value is -1.40. The molecule has 0 fully saturated rings. The van der Waals surface area contributed by atoms with E-state index in [0.29, 0.717) is 11.4 Å². The molecule has 1 heterocycles. The first kappa shape index (κ1) is 9.69. The molecular weight excluding hydrogens is 169 g/mol. The highest BCUT2D eigenvalue weighted by Gasteiger charge is 1.97. The van der Waals surface area contributed by atoms with E-state index < -0.39 is 6.10 Å². The number of halogens is 1. The van der Waals surface area contributed by atoms with E-state index >= 15 is 0 Å². The molecule has 0 aliphatic rings. The molecule has 1 aromatic heterocycles. The smallest absolute Gasteiger partial charge is 0.144 e. The highest BCUT2D eigenvalue weighted by Crippen LogP contribution is 2.03. The fraction of sp³-hybridized carbons (Fsp3) is 0.300. The summed E-state index contributed by atoms with van der Waals surface area (Å²) < 4.78 is 12.7. The van der Waals surface area contributed by atoms with Gasteiger partial charge in [0.1, 0.15) is 17.6 Å². The molecule has 13 heavy (non-hydrogen) atoms. The minimum atomic E-state index is -0.688. The van der Waals surface area contributed by atoms with Gasteiger partial charge in [0.2, 0.25) is 0 Å². The van der Waals surface area contributed by atoms with Gasteiger partial charge in [0.05, 0.1) is 5.69 Å². The summed E-state index contributed by atoms with van der Waals surface area (Å²) in [4.78, 5) is 3.88. The topological polar surface area (TPSA) is 33.1 Å². The van der Waals surface area contributed by atoms with Gasteiger partial charge < -0.3 is 5.11 Å². The molecule has 1 N–H and O–H groups in total. The molecule has 1 rings (SSSR count). The minimum Gasteiger partial charge on any atom is -0.381 e. The monoisotopic (exact) mass is 179 g/mol. The highest BCUT2D eigenvalue weighted by atomic mass is 19.1. The maximum absolute atomic E-state index is 12.7. The molecule has 0 aliphatic heterocycles. The Balaban J connectivity index is 2.94. The number of nitrogens with zero attached hydrogens (tertiary/aromatic N) is 1. The lowest BCUT2D eigenvalue weighted by molar-refractivity contribution is 0.253. The van der Waals surface area contributed by atoms with E-state index in [0.717, 1.165) is 0 Å². The number of pyridine rings is 1. The van der Waals surface area contributed by atoms with Gasteiger partial charge in [-0.3, -0.25) is 0 Å². The second kappa shape index (κ2) is 4.01. The summed E-state index contributed by atoms with van der Waals surface area (Å²) in [6.07, 6.45) is -0.688. The van der Waals surface area contributed by atoms with Crippen molar-refractivity contribution in [3.63, 3.8) is 0 Å². The van der Waals surface area contributed by atoms with Crippen LogP contribution in [0.25, 0.3) is 0 Å². The summed E-state index contributed by atoms with van der Waals surface area (Å²) in [5.74, 6) is 4.82. The highest BCUT2D eigenvalue weighted by molar-refractivity contribution is 5.29. The van der Waals surface area contributed by atoms with Gasteiger partial charge in [0.25, 0.3) is 0 Å². The summed E-state index contributed by atoms with van der Waals surface area (Å²) in [6, 6.07) is 2.80. The number of aliphatic hydroxyl groups is 1. The van der Waals surface area contributed by atoms with Crippen molar-refractivity contribution < 1.29 is 9.50 Å². The van der Waals surface area contributed by atoms with E-state index in [9.17, 15) is 4.39 Å². The third-order valence-corrected chi connectivity index (χ3v) is 1.43. The third kappa shape index (κ3) is 2.85. The predicted octanol–water partition coefficient (Wildman–Crippen LogP) is 1.26. The maximum atomic E-state index is 12.7. The molecule has 0 aromatic carbocycles. The number of hydrogen-bond acceptors (Lipinski definition) is 2. The Morgan fingerprint density at radius 3 is 2.77 bits per heavy atom. The Labute approximate surface area is 76.4 Å².